The molecule has 3 aromatic rings. The number of hydrogen-bond donors (Lipinski definition) is 1. The van der Waals surface area contributed by atoms with E-state index in [1.54, 1.807) is 12.3 Å². The minimum absolute atomic E-state index is 0.632. The molecular weight excluding hydrogens is 258 g/mol. The predicted octanol–water partition coefficient (Wildman–Crippen LogP) is 3.77. The van der Waals surface area contributed by atoms with Gasteiger partial charge in [0.15, 0.2) is 0 Å². The van der Waals surface area contributed by atoms with E-state index in [9.17, 15) is 0 Å². The first-order chi connectivity index (χ1) is 9.25. The average molecular weight is 270 g/mol. The third-order valence-corrected chi connectivity index (χ3v) is 3.17. The van der Waals surface area contributed by atoms with Gasteiger partial charge >= 0.3 is 0 Å². The van der Waals surface area contributed by atoms with Gasteiger partial charge in [-0.3, -0.25) is 0 Å². The van der Waals surface area contributed by atoms with Crippen molar-refractivity contribution in [1.29, 1.82) is 0 Å². The molecule has 0 atom stereocenters. The summed E-state index contributed by atoms with van der Waals surface area (Å²) in [5.74, 6) is 0. The minimum atomic E-state index is 0.632. The zero-order valence-corrected chi connectivity index (χ0v) is 10.9. The summed E-state index contributed by atoms with van der Waals surface area (Å²) in [7, 11) is 0. The van der Waals surface area contributed by atoms with Crippen molar-refractivity contribution in [1.82, 2.24) is 9.78 Å². The molecule has 0 saturated carbocycles. The summed E-state index contributed by atoms with van der Waals surface area (Å²) < 4.78 is 1.86. The first-order valence-electron chi connectivity index (χ1n) is 5.90. The number of nitrogen functional groups attached to an aromatic ring is 1. The molecule has 2 N–H and O–H groups in total. The highest BCUT2D eigenvalue weighted by molar-refractivity contribution is 6.31. The average Bonchev–Trinajstić information content (AvgIpc) is 2.89. The van der Waals surface area contributed by atoms with Gasteiger partial charge in [-0.25, -0.2) is 4.68 Å². The number of anilines is 1. The number of benzene rings is 2. The van der Waals surface area contributed by atoms with E-state index in [-0.39, 0.29) is 0 Å². The lowest BCUT2D eigenvalue weighted by molar-refractivity contribution is 0.888. The molecule has 3 rings (SSSR count). The van der Waals surface area contributed by atoms with Crippen molar-refractivity contribution in [3.8, 4) is 16.9 Å². The first-order valence-corrected chi connectivity index (χ1v) is 6.28. The Morgan fingerprint density at radius 3 is 2.53 bits per heavy atom. The lowest BCUT2D eigenvalue weighted by atomic mass is 10.1. The van der Waals surface area contributed by atoms with Crippen LogP contribution in [0.5, 0.6) is 0 Å². The molecule has 94 valence electrons. The van der Waals surface area contributed by atoms with Crippen molar-refractivity contribution in [2.45, 2.75) is 0 Å². The molecule has 2 aromatic carbocycles. The highest BCUT2D eigenvalue weighted by atomic mass is 35.5. The fraction of sp³-hybridized carbons (Fsp3) is 0. The van der Waals surface area contributed by atoms with Crippen LogP contribution in [0.25, 0.3) is 16.9 Å². The fourth-order valence-electron chi connectivity index (χ4n) is 2.05. The molecule has 0 aliphatic rings. The second kappa shape index (κ2) is 4.78. The third-order valence-electron chi connectivity index (χ3n) is 2.93. The molecule has 0 radical (unpaired) electrons. The lowest BCUT2D eigenvalue weighted by Crippen LogP contribution is -2.00. The van der Waals surface area contributed by atoms with Crippen LogP contribution in [-0.2, 0) is 0 Å². The van der Waals surface area contributed by atoms with Crippen LogP contribution < -0.4 is 5.73 Å². The molecule has 19 heavy (non-hydrogen) atoms. The smallest absolute Gasteiger partial charge is 0.0761 e. The molecule has 3 nitrogen and oxygen atoms in total. The van der Waals surface area contributed by atoms with Crippen molar-refractivity contribution in [3.05, 3.63) is 65.8 Å². The van der Waals surface area contributed by atoms with Gasteiger partial charge in [-0.1, -0.05) is 29.8 Å². The zero-order chi connectivity index (χ0) is 13.2. The molecule has 0 aliphatic heterocycles. The minimum Gasteiger partial charge on any atom is -0.398 e. The lowest BCUT2D eigenvalue weighted by Gasteiger charge is -2.10. The van der Waals surface area contributed by atoms with Gasteiger partial charge < -0.3 is 5.73 Å². The summed E-state index contributed by atoms with van der Waals surface area (Å²) in [5.41, 5.74) is 9.54. The maximum Gasteiger partial charge on any atom is 0.0761 e. The molecular formula is C15H12ClN3. The van der Waals surface area contributed by atoms with Crippen molar-refractivity contribution in [2.75, 3.05) is 5.73 Å². The van der Waals surface area contributed by atoms with Crippen molar-refractivity contribution in [3.63, 3.8) is 0 Å². The predicted molar refractivity (Wildman–Crippen MR) is 78.4 cm³/mol. The number of nitrogens with zero attached hydrogens (tertiary/aromatic N) is 2. The monoisotopic (exact) mass is 269 g/mol. The Morgan fingerprint density at radius 2 is 1.79 bits per heavy atom. The molecule has 1 aromatic heterocycles. The van der Waals surface area contributed by atoms with Gasteiger partial charge in [0, 0.05) is 16.3 Å². The fourth-order valence-corrected chi connectivity index (χ4v) is 2.23. The first kappa shape index (κ1) is 11.8. The van der Waals surface area contributed by atoms with Crippen LogP contribution in [0, 0.1) is 0 Å². The van der Waals surface area contributed by atoms with Crippen LogP contribution in [0.3, 0.4) is 0 Å². The van der Waals surface area contributed by atoms with Gasteiger partial charge in [-0.2, -0.15) is 5.10 Å². The Labute approximate surface area is 116 Å². The van der Waals surface area contributed by atoms with E-state index < -0.39 is 0 Å². The van der Waals surface area contributed by atoms with Gasteiger partial charge in [-0.15, -0.1) is 0 Å². The summed E-state index contributed by atoms with van der Waals surface area (Å²) in [6, 6.07) is 17.4. The highest BCUT2D eigenvalue weighted by Crippen LogP contribution is 2.29. The topological polar surface area (TPSA) is 43.8 Å². The summed E-state index contributed by atoms with van der Waals surface area (Å²) in [6.07, 6.45) is 1.76. The molecule has 0 bridgehead atoms. The van der Waals surface area contributed by atoms with Crippen LogP contribution in [0.2, 0.25) is 5.02 Å². The van der Waals surface area contributed by atoms with E-state index in [4.69, 9.17) is 17.3 Å². The van der Waals surface area contributed by atoms with E-state index in [0.717, 1.165) is 16.9 Å². The third kappa shape index (κ3) is 2.20. The van der Waals surface area contributed by atoms with Gasteiger partial charge in [0.25, 0.3) is 0 Å². The normalized spacial score (nSPS) is 10.6. The molecule has 0 amide bonds. The number of hydrogen-bond acceptors (Lipinski definition) is 2. The number of nitrogens with two attached hydrogens (primary N) is 1. The quantitative estimate of drug-likeness (QED) is 0.720. The summed E-state index contributed by atoms with van der Waals surface area (Å²) in [4.78, 5) is 0. The zero-order valence-electron chi connectivity index (χ0n) is 10.1. The molecule has 0 aliphatic carbocycles. The molecule has 0 fully saturated rings. The summed E-state index contributed by atoms with van der Waals surface area (Å²) >= 11 is 5.93. The van der Waals surface area contributed by atoms with Crippen LogP contribution in [0.15, 0.2) is 60.8 Å². The van der Waals surface area contributed by atoms with Crippen molar-refractivity contribution < 1.29 is 0 Å². The van der Waals surface area contributed by atoms with E-state index >= 15 is 0 Å². The second-order valence-corrected chi connectivity index (χ2v) is 4.63. The molecule has 0 spiro atoms. The maximum absolute atomic E-state index is 6.03. The maximum atomic E-state index is 6.03. The van der Waals surface area contributed by atoms with Crippen LogP contribution in [0.4, 0.5) is 5.69 Å². The van der Waals surface area contributed by atoms with E-state index in [1.165, 1.54) is 0 Å². The molecule has 0 saturated heterocycles. The molecule has 1 heterocycles. The number of rotatable bonds is 2. The SMILES string of the molecule is Nc1cc(Cl)ccc1-c1ccnn1-c1ccccc1. The van der Waals surface area contributed by atoms with Crippen LogP contribution >= 0.6 is 11.6 Å². The van der Waals surface area contributed by atoms with E-state index in [2.05, 4.69) is 5.10 Å². The summed E-state index contributed by atoms with van der Waals surface area (Å²) in [6.45, 7) is 0. The Kier molecular flexibility index (Phi) is 2.97. The van der Waals surface area contributed by atoms with Gasteiger partial charge in [0.2, 0.25) is 0 Å². The highest BCUT2D eigenvalue weighted by Gasteiger charge is 2.10. The molecule has 4 heteroatoms. The Morgan fingerprint density at radius 1 is 1.00 bits per heavy atom. The Hall–Kier alpha value is -2.26. The van der Waals surface area contributed by atoms with Crippen molar-refractivity contribution >= 4 is 17.3 Å². The Balaban J connectivity index is 2.15. The van der Waals surface area contributed by atoms with Gasteiger partial charge in [0.05, 0.1) is 17.6 Å². The summed E-state index contributed by atoms with van der Waals surface area (Å²) in [5, 5.41) is 4.99. The standard InChI is InChI=1S/C15H12ClN3/c16-11-6-7-13(14(17)10-11)15-8-9-18-19(15)12-4-2-1-3-5-12/h1-10H,17H2. The number of aromatic nitrogens is 2. The van der Waals surface area contributed by atoms with Gasteiger partial charge in [0.1, 0.15) is 0 Å². The van der Waals surface area contributed by atoms with Gasteiger partial charge in [-0.05, 0) is 36.4 Å². The number of para-hydroxylation sites is 1. The van der Waals surface area contributed by atoms with Crippen molar-refractivity contribution in [2.24, 2.45) is 0 Å². The largest absolute Gasteiger partial charge is 0.398 e. The number of halogens is 1. The Bertz CT molecular complexity index is 704. The molecule has 0 unspecified atom stereocenters. The van der Waals surface area contributed by atoms with Crippen LogP contribution in [-0.4, -0.2) is 9.78 Å². The van der Waals surface area contributed by atoms with Crippen LogP contribution in [0.1, 0.15) is 0 Å². The second-order valence-electron chi connectivity index (χ2n) is 4.20. The van der Waals surface area contributed by atoms with E-state index in [1.807, 2.05) is 53.2 Å². The van der Waals surface area contributed by atoms with E-state index in [0.29, 0.717) is 10.7 Å².